The van der Waals surface area contributed by atoms with Gasteiger partial charge in [0.2, 0.25) is 0 Å². The van der Waals surface area contributed by atoms with Gasteiger partial charge in [0.1, 0.15) is 5.82 Å². The molecule has 1 aliphatic rings. The molecular formula is C13H20Cl2N4. The number of nitrogens with one attached hydrogen (secondary N) is 1. The zero-order chi connectivity index (χ0) is 14.0. The fourth-order valence-corrected chi connectivity index (χ4v) is 2.95. The molecule has 0 amide bonds. The molecule has 2 heterocycles. The highest BCUT2D eigenvalue weighted by atomic mass is 35.5. The topological polar surface area (TPSA) is 54.2 Å². The Labute approximate surface area is 124 Å². The Hall–Kier alpha value is -0.710. The van der Waals surface area contributed by atoms with Crippen LogP contribution < -0.4 is 16.2 Å². The first-order valence-electron chi connectivity index (χ1n) is 6.50. The molecular weight excluding hydrogens is 283 g/mol. The number of hydrazine groups is 1. The minimum atomic E-state index is 0.378. The van der Waals surface area contributed by atoms with Crippen LogP contribution in [0.25, 0.3) is 0 Å². The summed E-state index contributed by atoms with van der Waals surface area (Å²) < 4.78 is 0. The molecule has 2 rings (SSSR count). The monoisotopic (exact) mass is 302 g/mol. The van der Waals surface area contributed by atoms with Crippen molar-refractivity contribution in [2.75, 3.05) is 23.4 Å². The number of hydrogen-bond donors (Lipinski definition) is 2. The van der Waals surface area contributed by atoms with Gasteiger partial charge in [-0.1, -0.05) is 37.0 Å². The van der Waals surface area contributed by atoms with Crippen LogP contribution >= 0.6 is 23.2 Å². The summed E-state index contributed by atoms with van der Waals surface area (Å²) in [4.78, 5) is 6.65. The molecule has 6 heteroatoms. The Morgan fingerprint density at radius 1 is 1.26 bits per heavy atom. The number of nitrogen functional groups attached to an aromatic ring is 1. The summed E-state index contributed by atoms with van der Waals surface area (Å²) in [5.74, 6) is 6.64. The second-order valence-corrected chi connectivity index (χ2v) is 6.59. The molecule has 1 aromatic heterocycles. The lowest BCUT2D eigenvalue weighted by molar-refractivity contribution is 0.325. The molecule has 0 radical (unpaired) electrons. The Bertz CT molecular complexity index is 462. The third kappa shape index (κ3) is 3.44. The number of halogens is 2. The third-order valence-corrected chi connectivity index (χ3v) is 4.25. The van der Waals surface area contributed by atoms with Crippen LogP contribution in [0.3, 0.4) is 0 Å². The molecule has 0 aliphatic carbocycles. The van der Waals surface area contributed by atoms with Gasteiger partial charge in [-0.3, -0.25) is 0 Å². The van der Waals surface area contributed by atoms with E-state index >= 15 is 0 Å². The van der Waals surface area contributed by atoms with Crippen molar-refractivity contribution >= 4 is 34.8 Å². The second-order valence-electron chi connectivity index (χ2n) is 5.77. The van der Waals surface area contributed by atoms with Crippen molar-refractivity contribution in [3.8, 4) is 0 Å². The van der Waals surface area contributed by atoms with Gasteiger partial charge < -0.3 is 10.3 Å². The van der Waals surface area contributed by atoms with Crippen LogP contribution in [-0.4, -0.2) is 18.1 Å². The average Bonchev–Trinajstić information content (AvgIpc) is 2.51. The van der Waals surface area contributed by atoms with Gasteiger partial charge in [-0.25, -0.2) is 10.8 Å². The molecule has 0 spiro atoms. The Balaban J connectivity index is 2.26. The maximum atomic E-state index is 6.26. The van der Waals surface area contributed by atoms with Gasteiger partial charge in [-0.2, -0.15) is 0 Å². The molecule has 1 saturated heterocycles. The molecule has 3 N–H and O–H groups in total. The van der Waals surface area contributed by atoms with Crippen molar-refractivity contribution in [1.29, 1.82) is 0 Å². The van der Waals surface area contributed by atoms with Crippen LogP contribution in [0.4, 0.5) is 11.6 Å². The molecule has 1 aromatic rings. The summed E-state index contributed by atoms with van der Waals surface area (Å²) in [6.07, 6.45) is 3.48. The third-order valence-electron chi connectivity index (χ3n) is 3.69. The molecule has 106 valence electrons. The molecule has 0 unspecified atom stereocenters. The second kappa shape index (κ2) is 5.73. The maximum absolute atomic E-state index is 6.26. The summed E-state index contributed by atoms with van der Waals surface area (Å²) in [5.41, 5.74) is 2.88. The SMILES string of the molecule is CC1(C)CCCN(c2nc(NN)c(Cl)cc2Cl)CC1. The van der Waals surface area contributed by atoms with Gasteiger partial charge in [-0.15, -0.1) is 0 Å². The van der Waals surface area contributed by atoms with Crippen LogP contribution in [0.5, 0.6) is 0 Å². The van der Waals surface area contributed by atoms with E-state index in [4.69, 9.17) is 29.0 Å². The molecule has 0 aromatic carbocycles. The predicted molar refractivity (Wildman–Crippen MR) is 81.9 cm³/mol. The average molecular weight is 303 g/mol. The summed E-state index contributed by atoms with van der Waals surface area (Å²) in [5, 5.41) is 1.01. The zero-order valence-corrected chi connectivity index (χ0v) is 12.9. The predicted octanol–water partition coefficient (Wildman–Crippen LogP) is 3.69. The van der Waals surface area contributed by atoms with Crippen molar-refractivity contribution < 1.29 is 0 Å². The van der Waals surface area contributed by atoms with Crippen LogP contribution in [-0.2, 0) is 0 Å². The van der Waals surface area contributed by atoms with E-state index in [1.807, 2.05) is 0 Å². The van der Waals surface area contributed by atoms with Crippen molar-refractivity contribution in [3.63, 3.8) is 0 Å². The van der Waals surface area contributed by atoms with Crippen LogP contribution in [0.1, 0.15) is 33.1 Å². The van der Waals surface area contributed by atoms with Gasteiger partial charge in [0.15, 0.2) is 5.82 Å². The number of aromatic nitrogens is 1. The van der Waals surface area contributed by atoms with Crippen molar-refractivity contribution in [3.05, 3.63) is 16.1 Å². The van der Waals surface area contributed by atoms with E-state index in [9.17, 15) is 0 Å². The van der Waals surface area contributed by atoms with Crippen molar-refractivity contribution in [2.45, 2.75) is 33.1 Å². The smallest absolute Gasteiger partial charge is 0.161 e. The lowest BCUT2D eigenvalue weighted by atomic mass is 9.85. The van der Waals surface area contributed by atoms with Gasteiger partial charge in [0.25, 0.3) is 0 Å². The highest BCUT2D eigenvalue weighted by molar-refractivity contribution is 6.37. The van der Waals surface area contributed by atoms with E-state index in [2.05, 4.69) is 29.2 Å². The minimum Gasteiger partial charge on any atom is -0.355 e. The summed E-state index contributed by atoms with van der Waals surface area (Å²) >= 11 is 12.3. The van der Waals surface area contributed by atoms with E-state index in [1.54, 1.807) is 6.07 Å². The lowest BCUT2D eigenvalue weighted by Crippen LogP contribution is -2.26. The number of hydrogen-bond acceptors (Lipinski definition) is 4. The summed E-state index contributed by atoms with van der Waals surface area (Å²) in [7, 11) is 0. The van der Waals surface area contributed by atoms with Crippen LogP contribution in [0.2, 0.25) is 10.0 Å². The standard InChI is InChI=1S/C13H20Cl2N4/c1-13(2)4-3-6-19(7-5-13)12-10(15)8-9(14)11(17-12)18-16/h8H,3-7,16H2,1-2H3,(H,17,18). The Kier molecular flexibility index (Phi) is 4.43. The molecule has 1 aliphatic heterocycles. The fraction of sp³-hybridized carbons (Fsp3) is 0.615. The van der Waals surface area contributed by atoms with Crippen molar-refractivity contribution in [2.24, 2.45) is 11.3 Å². The zero-order valence-electron chi connectivity index (χ0n) is 11.3. The molecule has 0 bridgehead atoms. The Morgan fingerprint density at radius 3 is 2.68 bits per heavy atom. The number of anilines is 2. The van der Waals surface area contributed by atoms with Crippen LogP contribution in [0.15, 0.2) is 6.07 Å². The molecule has 0 saturated carbocycles. The quantitative estimate of drug-likeness (QED) is 0.646. The fourth-order valence-electron chi connectivity index (χ4n) is 2.41. The largest absolute Gasteiger partial charge is 0.355 e. The highest BCUT2D eigenvalue weighted by Gasteiger charge is 2.25. The van der Waals surface area contributed by atoms with Gasteiger partial charge >= 0.3 is 0 Å². The molecule has 19 heavy (non-hydrogen) atoms. The van der Waals surface area contributed by atoms with Gasteiger partial charge in [0, 0.05) is 13.1 Å². The lowest BCUT2D eigenvalue weighted by Gasteiger charge is -2.25. The molecule has 4 nitrogen and oxygen atoms in total. The first kappa shape index (κ1) is 14.7. The maximum Gasteiger partial charge on any atom is 0.161 e. The van der Waals surface area contributed by atoms with E-state index in [0.717, 1.165) is 31.7 Å². The normalized spacial score (nSPS) is 19.1. The minimum absolute atomic E-state index is 0.378. The van der Waals surface area contributed by atoms with E-state index in [-0.39, 0.29) is 0 Å². The van der Waals surface area contributed by atoms with Crippen LogP contribution in [0, 0.1) is 5.41 Å². The number of rotatable bonds is 2. The highest BCUT2D eigenvalue weighted by Crippen LogP contribution is 2.35. The van der Waals surface area contributed by atoms with Crippen molar-refractivity contribution in [1.82, 2.24) is 4.98 Å². The summed E-state index contributed by atoms with van der Waals surface area (Å²) in [6.45, 7) is 6.52. The first-order chi connectivity index (χ1) is 8.93. The van der Waals surface area contributed by atoms with E-state index in [1.165, 1.54) is 6.42 Å². The van der Waals surface area contributed by atoms with E-state index < -0.39 is 0 Å². The molecule has 1 fully saturated rings. The Morgan fingerprint density at radius 2 is 2.00 bits per heavy atom. The van der Waals surface area contributed by atoms with Gasteiger partial charge in [-0.05, 0) is 30.7 Å². The van der Waals surface area contributed by atoms with E-state index in [0.29, 0.717) is 21.3 Å². The number of pyridine rings is 1. The number of nitrogens with zero attached hydrogens (tertiary/aromatic N) is 2. The summed E-state index contributed by atoms with van der Waals surface area (Å²) in [6, 6.07) is 1.69. The molecule has 0 atom stereocenters. The van der Waals surface area contributed by atoms with Gasteiger partial charge in [0.05, 0.1) is 10.0 Å². The number of nitrogens with two attached hydrogens (primary N) is 1. The first-order valence-corrected chi connectivity index (χ1v) is 7.26.